The fraction of sp³-hybridized carbons (Fsp3) is 0.474. The molecule has 0 unspecified atom stereocenters. The number of benzene rings is 1. The van der Waals surface area contributed by atoms with Gasteiger partial charge in [-0.05, 0) is 51.0 Å². The summed E-state index contributed by atoms with van der Waals surface area (Å²) in [5, 5.41) is 7.07. The molecule has 0 spiro atoms. The number of hydrogen-bond donors (Lipinski definition) is 1. The minimum Gasteiger partial charge on any atom is -0.494 e. The zero-order valence-electron chi connectivity index (χ0n) is 15.0. The summed E-state index contributed by atoms with van der Waals surface area (Å²) in [6.45, 7) is 7.29. The summed E-state index contributed by atoms with van der Waals surface area (Å²) in [7, 11) is 0. The number of aromatic nitrogens is 1. The number of ether oxygens (including phenoxy) is 1. The van der Waals surface area contributed by atoms with Gasteiger partial charge in [0.2, 0.25) is 0 Å². The molecule has 3 rings (SSSR count). The number of aryl methyl sites for hydroxylation is 2. The van der Waals surface area contributed by atoms with Crippen LogP contribution in [0.3, 0.4) is 0 Å². The number of nitrogens with zero attached hydrogens (tertiary/aromatic N) is 2. The van der Waals surface area contributed by atoms with Crippen molar-refractivity contribution < 1.29 is 14.1 Å². The fourth-order valence-electron chi connectivity index (χ4n) is 3.41. The van der Waals surface area contributed by atoms with Gasteiger partial charge in [-0.3, -0.25) is 0 Å². The highest BCUT2D eigenvalue weighted by Gasteiger charge is 2.34. The number of carbonyl (C=O) groups is 1. The fourth-order valence-corrected chi connectivity index (χ4v) is 3.41. The molecule has 2 amide bonds. The topological polar surface area (TPSA) is 67.6 Å². The van der Waals surface area contributed by atoms with Crippen molar-refractivity contribution in [2.24, 2.45) is 0 Å². The van der Waals surface area contributed by atoms with E-state index in [0.29, 0.717) is 6.61 Å². The van der Waals surface area contributed by atoms with Gasteiger partial charge in [0.05, 0.1) is 18.3 Å². The minimum absolute atomic E-state index is 0.0314. The molecule has 1 N–H and O–H groups in total. The molecule has 25 heavy (non-hydrogen) atoms. The molecule has 0 radical (unpaired) electrons. The Morgan fingerprint density at radius 3 is 2.80 bits per heavy atom. The van der Waals surface area contributed by atoms with Gasteiger partial charge < -0.3 is 19.5 Å². The van der Waals surface area contributed by atoms with Crippen LogP contribution in [0.5, 0.6) is 5.75 Å². The number of urea groups is 1. The summed E-state index contributed by atoms with van der Waals surface area (Å²) in [6, 6.07) is 7.38. The molecule has 134 valence electrons. The Labute approximate surface area is 148 Å². The van der Waals surface area contributed by atoms with Gasteiger partial charge in [0.1, 0.15) is 11.5 Å². The molecule has 1 aromatic heterocycles. The maximum atomic E-state index is 12.8. The van der Waals surface area contributed by atoms with E-state index < -0.39 is 0 Å². The van der Waals surface area contributed by atoms with Crippen molar-refractivity contribution in [2.45, 2.75) is 46.1 Å². The summed E-state index contributed by atoms with van der Waals surface area (Å²) in [5.74, 6) is 1.68. The van der Waals surface area contributed by atoms with Crippen molar-refractivity contribution in [1.82, 2.24) is 10.1 Å². The lowest BCUT2D eigenvalue weighted by Gasteiger charge is -2.25. The summed E-state index contributed by atoms with van der Waals surface area (Å²) >= 11 is 0. The van der Waals surface area contributed by atoms with Gasteiger partial charge in [0.15, 0.2) is 0 Å². The van der Waals surface area contributed by atoms with E-state index in [0.717, 1.165) is 54.3 Å². The molecule has 0 saturated carbocycles. The minimum atomic E-state index is -0.0886. The predicted octanol–water partition coefficient (Wildman–Crippen LogP) is 4.31. The Kier molecular flexibility index (Phi) is 5.26. The van der Waals surface area contributed by atoms with Gasteiger partial charge in [-0.2, -0.15) is 0 Å². The lowest BCUT2D eigenvalue weighted by molar-refractivity contribution is 0.206. The molecule has 0 bridgehead atoms. The normalized spacial score (nSPS) is 16.9. The van der Waals surface area contributed by atoms with Crippen LogP contribution in [-0.2, 0) is 6.42 Å². The maximum absolute atomic E-state index is 12.8. The molecule has 1 saturated heterocycles. The summed E-state index contributed by atoms with van der Waals surface area (Å²) in [6.07, 6.45) is 2.70. The van der Waals surface area contributed by atoms with Crippen molar-refractivity contribution in [1.29, 1.82) is 0 Å². The monoisotopic (exact) mass is 343 g/mol. The number of rotatable bonds is 5. The van der Waals surface area contributed by atoms with E-state index in [1.165, 1.54) is 0 Å². The lowest BCUT2D eigenvalue weighted by Crippen LogP contribution is -2.34. The number of nitrogens with one attached hydrogen (secondary N) is 1. The third kappa shape index (κ3) is 3.62. The van der Waals surface area contributed by atoms with Gasteiger partial charge >= 0.3 is 6.03 Å². The lowest BCUT2D eigenvalue weighted by atomic mass is 10.0. The van der Waals surface area contributed by atoms with Gasteiger partial charge in [-0.25, -0.2) is 4.79 Å². The van der Waals surface area contributed by atoms with Crippen molar-refractivity contribution in [2.75, 3.05) is 18.5 Å². The first kappa shape index (κ1) is 17.3. The molecular weight excluding hydrogens is 318 g/mol. The molecule has 2 aromatic rings. The molecule has 1 aliphatic rings. The van der Waals surface area contributed by atoms with Crippen molar-refractivity contribution in [3.8, 4) is 5.75 Å². The van der Waals surface area contributed by atoms with E-state index >= 15 is 0 Å². The Hall–Kier alpha value is -2.50. The van der Waals surface area contributed by atoms with Gasteiger partial charge in [0, 0.05) is 24.2 Å². The summed E-state index contributed by atoms with van der Waals surface area (Å²) in [5.41, 5.74) is 2.71. The van der Waals surface area contributed by atoms with Crippen LogP contribution in [0.2, 0.25) is 0 Å². The first-order chi connectivity index (χ1) is 12.1. The predicted molar refractivity (Wildman–Crippen MR) is 95.9 cm³/mol. The maximum Gasteiger partial charge on any atom is 0.322 e. The highest BCUT2D eigenvalue weighted by Crippen LogP contribution is 2.36. The van der Waals surface area contributed by atoms with E-state index in [-0.39, 0.29) is 12.1 Å². The van der Waals surface area contributed by atoms with E-state index in [4.69, 9.17) is 9.26 Å². The van der Waals surface area contributed by atoms with Crippen LogP contribution in [-0.4, -0.2) is 29.2 Å². The molecule has 6 nitrogen and oxygen atoms in total. The summed E-state index contributed by atoms with van der Waals surface area (Å²) < 4.78 is 10.8. The Morgan fingerprint density at radius 2 is 2.12 bits per heavy atom. The number of carbonyl (C=O) groups excluding carboxylic acids is 1. The van der Waals surface area contributed by atoms with Gasteiger partial charge in [-0.1, -0.05) is 12.1 Å². The van der Waals surface area contributed by atoms with Crippen LogP contribution < -0.4 is 10.1 Å². The second kappa shape index (κ2) is 7.59. The molecule has 0 aliphatic carbocycles. The van der Waals surface area contributed by atoms with E-state index in [9.17, 15) is 4.79 Å². The number of amides is 2. The molecular formula is C19H25N3O3. The number of anilines is 1. The van der Waals surface area contributed by atoms with E-state index in [2.05, 4.69) is 10.5 Å². The molecule has 1 atom stereocenters. The number of hydrogen-bond acceptors (Lipinski definition) is 4. The molecule has 1 fully saturated rings. The standard InChI is InChI=1S/C19H25N3O3/c1-4-17-18(13(3)21-25-17)16-7-6-12-22(16)19(23)20-14-8-10-15(11-9-14)24-5-2/h8-11,16H,4-7,12H2,1-3H3,(H,20,23)/t16-/m0/s1. The van der Waals surface area contributed by atoms with Crippen LogP contribution in [0, 0.1) is 6.92 Å². The van der Waals surface area contributed by atoms with Crippen molar-refractivity contribution in [3.05, 3.63) is 41.3 Å². The van der Waals surface area contributed by atoms with E-state index in [1.54, 1.807) is 0 Å². The third-order valence-electron chi connectivity index (χ3n) is 4.57. The second-order valence-corrected chi connectivity index (χ2v) is 6.20. The zero-order chi connectivity index (χ0) is 17.8. The first-order valence-corrected chi connectivity index (χ1v) is 8.89. The Bertz CT molecular complexity index is 724. The molecule has 1 aromatic carbocycles. The summed E-state index contributed by atoms with van der Waals surface area (Å²) in [4.78, 5) is 14.7. The zero-order valence-corrected chi connectivity index (χ0v) is 15.0. The quantitative estimate of drug-likeness (QED) is 0.878. The average Bonchev–Trinajstić information content (AvgIpc) is 3.22. The third-order valence-corrected chi connectivity index (χ3v) is 4.57. The van der Waals surface area contributed by atoms with E-state index in [1.807, 2.05) is 49.9 Å². The van der Waals surface area contributed by atoms with Crippen molar-refractivity contribution in [3.63, 3.8) is 0 Å². The highest BCUT2D eigenvalue weighted by molar-refractivity contribution is 5.89. The van der Waals surface area contributed by atoms with Gasteiger partial charge in [0.25, 0.3) is 0 Å². The average molecular weight is 343 g/mol. The van der Waals surface area contributed by atoms with Gasteiger partial charge in [-0.15, -0.1) is 0 Å². The number of likely N-dealkylation sites (tertiary alicyclic amines) is 1. The van der Waals surface area contributed by atoms with Crippen LogP contribution >= 0.6 is 0 Å². The van der Waals surface area contributed by atoms with Crippen LogP contribution in [0.4, 0.5) is 10.5 Å². The molecule has 2 heterocycles. The Balaban J connectivity index is 1.73. The molecule has 6 heteroatoms. The van der Waals surface area contributed by atoms with Crippen LogP contribution in [0.25, 0.3) is 0 Å². The van der Waals surface area contributed by atoms with Crippen LogP contribution in [0.15, 0.2) is 28.8 Å². The smallest absolute Gasteiger partial charge is 0.322 e. The second-order valence-electron chi connectivity index (χ2n) is 6.20. The van der Waals surface area contributed by atoms with Crippen molar-refractivity contribution >= 4 is 11.7 Å². The SMILES string of the molecule is CCOc1ccc(NC(=O)N2CCC[C@H]2c2c(C)noc2CC)cc1. The molecule has 1 aliphatic heterocycles. The largest absolute Gasteiger partial charge is 0.494 e. The Morgan fingerprint density at radius 1 is 1.36 bits per heavy atom. The van der Waals surface area contributed by atoms with Crippen LogP contribution in [0.1, 0.15) is 49.7 Å². The highest BCUT2D eigenvalue weighted by atomic mass is 16.5. The first-order valence-electron chi connectivity index (χ1n) is 8.89.